The molecule has 0 saturated heterocycles. The number of hydrogen-bond acceptors (Lipinski definition) is 3. The quantitative estimate of drug-likeness (QED) is 0.791. The molecule has 0 amide bonds. The minimum absolute atomic E-state index is 0.0503. The van der Waals surface area contributed by atoms with Crippen molar-refractivity contribution in [2.45, 2.75) is 13.0 Å². The molecule has 112 valence electrons. The summed E-state index contributed by atoms with van der Waals surface area (Å²) >= 11 is 0. The van der Waals surface area contributed by atoms with Crippen LogP contribution in [0.1, 0.15) is 18.5 Å². The standard InChI is InChI=1S/C17H20FNO2/c1-13(16-5-3-4-6-17(16)18)19-11-12-21-15-9-7-14(20-2)8-10-15/h3-10,13,19H,11-12H2,1-2H3/t13-/m1/s1. The lowest BCUT2D eigenvalue weighted by Crippen LogP contribution is -2.24. The van der Waals surface area contributed by atoms with Crippen molar-refractivity contribution in [3.8, 4) is 11.5 Å². The number of methoxy groups -OCH3 is 1. The molecular weight excluding hydrogens is 269 g/mol. The second-order valence-electron chi connectivity index (χ2n) is 4.72. The van der Waals surface area contributed by atoms with E-state index < -0.39 is 0 Å². The van der Waals surface area contributed by atoms with E-state index in [1.807, 2.05) is 37.3 Å². The number of nitrogens with one attached hydrogen (secondary N) is 1. The summed E-state index contributed by atoms with van der Waals surface area (Å²) < 4.78 is 24.3. The Morgan fingerprint density at radius 3 is 2.38 bits per heavy atom. The maximum atomic E-state index is 13.6. The summed E-state index contributed by atoms with van der Waals surface area (Å²) in [6, 6.07) is 14.2. The molecule has 1 N–H and O–H groups in total. The van der Waals surface area contributed by atoms with Crippen molar-refractivity contribution in [2.75, 3.05) is 20.3 Å². The molecule has 0 heterocycles. The minimum atomic E-state index is -0.187. The predicted molar refractivity (Wildman–Crippen MR) is 81.3 cm³/mol. The second-order valence-corrected chi connectivity index (χ2v) is 4.72. The zero-order valence-electron chi connectivity index (χ0n) is 12.3. The second kappa shape index (κ2) is 7.64. The summed E-state index contributed by atoms with van der Waals surface area (Å²) in [5.74, 6) is 1.40. The molecule has 0 bridgehead atoms. The molecule has 0 aliphatic heterocycles. The third kappa shape index (κ3) is 4.46. The zero-order valence-corrected chi connectivity index (χ0v) is 12.3. The Bertz CT molecular complexity index is 557. The monoisotopic (exact) mass is 289 g/mol. The lowest BCUT2D eigenvalue weighted by molar-refractivity contribution is 0.306. The molecule has 0 aliphatic carbocycles. The molecule has 0 aromatic heterocycles. The third-order valence-corrected chi connectivity index (χ3v) is 3.25. The van der Waals surface area contributed by atoms with Crippen molar-refractivity contribution in [3.05, 3.63) is 59.9 Å². The van der Waals surface area contributed by atoms with Crippen LogP contribution in [-0.4, -0.2) is 20.3 Å². The first-order valence-electron chi connectivity index (χ1n) is 6.95. The van der Waals surface area contributed by atoms with Gasteiger partial charge >= 0.3 is 0 Å². The average molecular weight is 289 g/mol. The van der Waals surface area contributed by atoms with Gasteiger partial charge in [0, 0.05) is 18.2 Å². The van der Waals surface area contributed by atoms with Crippen LogP contribution in [0, 0.1) is 5.82 Å². The minimum Gasteiger partial charge on any atom is -0.497 e. The smallest absolute Gasteiger partial charge is 0.127 e. The number of benzene rings is 2. The van der Waals surface area contributed by atoms with Crippen molar-refractivity contribution >= 4 is 0 Å². The molecule has 0 unspecified atom stereocenters. The summed E-state index contributed by atoms with van der Waals surface area (Å²) in [5.41, 5.74) is 0.668. The number of ether oxygens (including phenoxy) is 2. The highest BCUT2D eigenvalue weighted by atomic mass is 19.1. The third-order valence-electron chi connectivity index (χ3n) is 3.25. The van der Waals surface area contributed by atoms with Gasteiger partial charge in [0.25, 0.3) is 0 Å². The predicted octanol–water partition coefficient (Wildman–Crippen LogP) is 3.56. The molecule has 21 heavy (non-hydrogen) atoms. The van der Waals surface area contributed by atoms with E-state index in [4.69, 9.17) is 9.47 Å². The highest BCUT2D eigenvalue weighted by Crippen LogP contribution is 2.17. The maximum Gasteiger partial charge on any atom is 0.127 e. The summed E-state index contributed by atoms with van der Waals surface area (Å²) in [6.07, 6.45) is 0. The lowest BCUT2D eigenvalue weighted by Gasteiger charge is -2.15. The summed E-state index contributed by atoms with van der Waals surface area (Å²) in [6.45, 7) is 3.10. The van der Waals surface area contributed by atoms with Crippen LogP contribution in [0.5, 0.6) is 11.5 Å². The Morgan fingerprint density at radius 1 is 1.05 bits per heavy atom. The Hall–Kier alpha value is -2.07. The molecule has 2 rings (SSSR count). The van der Waals surface area contributed by atoms with Gasteiger partial charge in [-0.2, -0.15) is 0 Å². The van der Waals surface area contributed by atoms with Gasteiger partial charge in [-0.1, -0.05) is 18.2 Å². The van der Waals surface area contributed by atoms with Crippen LogP contribution in [0.15, 0.2) is 48.5 Å². The van der Waals surface area contributed by atoms with Crippen LogP contribution in [0.4, 0.5) is 4.39 Å². The topological polar surface area (TPSA) is 30.5 Å². The Labute approximate surface area is 124 Å². The molecule has 0 saturated carbocycles. The van der Waals surface area contributed by atoms with Gasteiger partial charge in [-0.3, -0.25) is 0 Å². The first kappa shape index (κ1) is 15.3. The molecule has 1 atom stereocenters. The van der Waals surface area contributed by atoms with E-state index in [9.17, 15) is 4.39 Å². The van der Waals surface area contributed by atoms with E-state index in [1.165, 1.54) is 6.07 Å². The SMILES string of the molecule is COc1ccc(OCCN[C@H](C)c2ccccc2F)cc1. The molecule has 4 heteroatoms. The Balaban J connectivity index is 1.75. The van der Waals surface area contributed by atoms with Crippen molar-refractivity contribution < 1.29 is 13.9 Å². The van der Waals surface area contributed by atoms with Gasteiger partial charge in [-0.25, -0.2) is 4.39 Å². The molecule has 0 fully saturated rings. The summed E-state index contributed by atoms with van der Waals surface area (Å²) in [5, 5.41) is 3.24. The van der Waals surface area contributed by atoms with Gasteiger partial charge in [-0.05, 0) is 37.3 Å². The molecule has 3 nitrogen and oxygen atoms in total. The Morgan fingerprint density at radius 2 is 1.71 bits per heavy atom. The average Bonchev–Trinajstić information content (AvgIpc) is 2.52. The molecule has 0 spiro atoms. The highest BCUT2D eigenvalue weighted by Gasteiger charge is 2.08. The van der Waals surface area contributed by atoms with Crippen molar-refractivity contribution in [3.63, 3.8) is 0 Å². The van der Waals surface area contributed by atoms with E-state index in [-0.39, 0.29) is 11.9 Å². The molecule has 2 aromatic carbocycles. The van der Waals surface area contributed by atoms with E-state index in [0.717, 1.165) is 11.5 Å². The van der Waals surface area contributed by atoms with Gasteiger partial charge in [0.05, 0.1) is 7.11 Å². The van der Waals surface area contributed by atoms with Crippen molar-refractivity contribution in [1.29, 1.82) is 0 Å². The van der Waals surface area contributed by atoms with Crippen molar-refractivity contribution in [2.24, 2.45) is 0 Å². The highest BCUT2D eigenvalue weighted by molar-refractivity contribution is 5.31. The van der Waals surface area contributed by atoms with Crippen LogP contribution in [0.25, 0.3) is 0 Å². The van der Waals surface area contributed by atoms with E-state index >= 15 is 0 Å². The van der Waals surface area contributed by atoms with Crippen LogP contribution >= 0.6 is 0 Å². The number of halogens is 1. The number of rotatable bonds is 7. The normalized spacial score (nSPS) is 12.0. The van der Waals surface area contributed by atoms with Crippen molar-refractivity contribution in [1.82, 2.24) is 5.32 Å². The van der Waals surface area contributed by atoms with Crippen LogP contribution in [0.2, 0.25) is 0 Å². The van der Waals surface area contributed by atoms with Gasteiger partial charge in [0.1, 0.15) is 23.9 Å². The van der Waals surface area contributed by atoms with Crippen LogP contribution < -0.4 is 14.8 Å². The fourth-order valence-electron chi connectivity index (χ4n) is 2.05. The lowest BCUT2D eigenvalue weighted by atomic mass is 10.1. The molecule has 0 radical (unpaired) electrons. The zero-order chi connectivity index (χ0) is 15.1. The van der Waals surface area contributed by atoms with Gasteiger partial charge in [0.15, 0.2) is 0 Å². The maximum absolute atomic E-state index is 13.6. The van der Waals surface area contributed by atoms with Crippen LogP contribution in [0.3, 0.4) is 0 Å². The summed E-state index contributed by atoms with van der Waals surface area (Å²) in [7, 11) is 1.63. The first-order valence-corrected chi connectivity index (χ1v) is 6.95. The molecule has 2 aromatic rings. The first-order chi connectivity index (χ1) is 10.2. The Kier molecular flexibility index (Phi) is 5.58. The van der Waals surface area contributed by atoms with E-state index in [2.05, 4.69) is 5.32 Å². The van der Waals surface area contributed by atoms with Gasteiger partial charge < -0.3 is 14.8 Å². The van der Waals surface area contributed by atoms with Crippen LogP contribution in [-0.2, 0) is 0 Å². The molecular formula is C17H20FNO2. The fourth-order valence-corrected chi connectivity index (χ4v) is 2.05. The van der Waals surface area contributed by atoms with Gasteiger partial charge in [-0.15, -0.1) is 0 Å². The summed E-state index contributed by atoms with van der Waals surface area (Å²) in [4.78, 5) is 0. The fraction of sp³-hybridized carbons (Fsp3) is 0.294. The van der Waals surface area contributed by atoms with Gasteiger partial charge in [0.2, 0.25) is 0 Å². The number of hydrogen-bond donors (Lipinski definition) is 1. The van der Waals surface area contributed by atoms with E-state index in [0.29, 0.717) is 18.7 Å². The largest absolute Gasteiger partial charge is 0.497 e. The molecule has 0 aliphatic rings. The van der Waals surface area contributed by atoms with E-state index in [1.54, 1.807) is 19.2 Å².